The summed E-state index contributed by atoms with van der Waals surface area (Å²) >= 11 is 0. The van der Waals surface area contributed by atoms with Crippen LogP contribution in [0.2, 0.25) is 0 Å². The van der Waals surface area contributed by atoms with Gasteiger partial charge < -0.3 is 4.74 Å². The third kappa shape index (κ3) is 4.83. The molecule has 1 rings (SSSR count). The van der Waals surface area contributed by atoms with E-state index in [2.05, 4.69) is 13.8 Å². The summed E-state index contributed by atoms with van der Waals surface area (Å²) in [5.74, 6) is -0.0840. The molecule has 0 radical (unpaired) electrons. The fourth-order valence-corrected chi connectivity index (χ4v) is 2.70. The van der Waals surface area contributed by atoms with Gasteiger partial charge in [-0.25, -0.2) is 4.79 Å². The smallest absolute Gasteiger partial charge is 0.333 e. The normalized spacial score (nSPS) is 17.7. The molecule has 1 saturated carbocycles. The third-order valence-corrected chi connectivity index (χ3v) is 4.02. The first-order valence-electron chi connectivity index (χ1n) is 7.58. The van der Waals surface area contributed by atoms with E-state index in [0.29, 0.717) is 0 Å². The van der Waals surface area contributed by atoms with Gasteiger partial charge in [-0.05, 0) is 45.4 Å². The van der Waals surface area contributed by atoms with Crippen molar-refractivity contribution in [1.29, 1.82) is 0 Å². The second-order valence-corrected chi connectivity index (χ2v) is 5.31. The predicted molar refractivity (Wildman–Crippen MR) is 75.5 cm³/mol. The first-order valence-corrected chi connectivity index (χ1v) is 7.58. The number of carbonyl (C=O) groups is 1. The van der Waals surface area contributed by atoms with Gasteiger partial charge in [0.2, 0.25) is 0 Å². The maximum Gasteiger partial charge on any atom is 0.333 e. The van der Waals surface area contributed by atoms with Crippen LogP contribution in [0.1, 0.15) is 78.6 Å². The van der Waals surface area contributed by atoms with Gasteiger partial charge in [0, 0.05) is 5.57 Å². The van der Waals surface area contributed by atoms with E-state index in [1.807, 2.05) is 6.92 Å². The van der Waals surface area contributed by atoms with Crippen LogP contribution >= 0.6 is 0 Å². The number of allylic oxidation sites excluding steroid dienone is 1. The van der Waals surface area contributed by atoms with E-state index in [9.17, 15) is 4.79 Å². The molecule has 1 aliphatic carbocycles. The quantitative estimate of drug-likeness (QED) is 0.531. The Hall–Kier alpha value is -0.790. The molecule has 0 unspecified atom stereocenters. The zero-order valence-corrected chi connectivity index (χ0v) is 12.3. The van der Waals surface area contributed by atoms with Crippen LogP contribution in [0.15, 0.2) is 11.1 Å². The van der Waals surface area contributed by atoms with Gasteiger partial charge in [0.1, 0.15) is 6.10 Å². The molecule has 2 heteroatoms. The van der Waals surface area contributed by atoms with Gasteiger partial charge in [0.25, 0.3) is 0 Å². The standard InChI is InChI=1S/C16H28O2/c1-4-14(5-2)13(3)16(17)18-15-11-9-7-6-8-10-12-15/h15H,4-12H2,1-3H3. The molecule has 0 bridgehead atoms. The highest BCUT2D eigenvalue weighted by Gasteiger charge is 2.18. The molecule has 0 N–H and O–H groups in total. The molecular weight excluding hydrogens is 224 g/mol. The van der Waals surface area contributed by atoms with Gasteiger partial charge in [0.15, 0.2) is 0 Å². The summed E-state index contributed by atoms with van der Waals surface area (Å²) in [7, 11) is 0. The lowest BCUT2D eigenvalue weighted by atomic mass is 9.98. The van der Waals surface area contributed by atoms with Gasteiger partial charge in [-0.15, -0.1) is 0 Å². The molecule has 2 nitrogen and oxygen atoms in total. The van der Waals surface area contributed by atoms with Gasteiger partial charge in [0.05, 0.1) is 0 Å². The summed E-state index contributed by atoms with van der Waals surface area (Å²) in [4.78, 5) is 12.1. The lowest BCUT2D eigenvalue weighted by Gasteiger charge is -2.21. The van der Waals surface area contributed by atoms with Crippen LogP contribution in [0.25, 0.3) is 0 Å². The Bertz CT molecular complexity index is 277. The summed E-state index contributed by atoms with van der Waals surface area (Å²) in [5, 5.41) is 0. The molecule has 0 aromatic rings. The third-order valence-electron chi connectivity index (χ3n) is 4.02. The minimum absolute atomic E-state index is 0.0840. The summed E-state index contributed by atoms with van der Waals surface area (Å²) in [6.45, 7) is 6.12. The molecule has 0 heterocycles. The van der Waals surface area contributed by atoms with Crippen molar-refractivity contribution in [1.82, 2.24) is 0 Å². The first kappa shape index (κ1) is 15.3. The fourth-order valence-electron chi connectivity index (χ4n) is 2.70. The van der Waals surface area contributed by atoms with Crippen LogP contribution < -0.4 is 0 Å². The number of carbonyl (C=O) groups excluding carboxylic acids is 1. The van der Waals surface area contributed by atoms with Crippen molar-refractivity contribution in [2.75, 3.05) is 0 Å². The van der Waals surface area contributed by atoms with Crippen LogP contribution in [0.5, 0.6) is 0 Å². The van der Waals surface area contributed by atoms with Crippen molar-refractivity contribution in [2.45, 2.75) is 84.7 Å². The zero-order chi connectivity index (χ0) is 13.4. The number of rotatable bonds is 4. The van der Waals surface area contributed by atoms with Gasteiger partial charge in [-0.1, -0.05) is 38.7 Å². The van der Waals surface area contributed by atoms with Crippen molar-refractivity contribution < 1.29 is 9.53 Å². The first-order chi connectivity index (χ1) is 8.69. The van der Waals surface area contributed by atoms with E-state index >= 15 is 0 Å². The van der Waals surface area contributed by atoms with Crippen LogP contribution in [0, 0.1) is 0 Å². The van der Waals surface area contributed by atoms with Crippen molar-refractivity contribution >= 4 is 5.97 Å². The summed E-state index contributed by atoms with van der Waals surface area (Å²) < 4.78 is 5.68. The summed E-state index contributed by atoms with van der Waals surface area (Å²) in [5.41, 5.74) is 2.06. The van der Waals surface area contributed by atoms with Gasteiger partial charge >= 0.3 is 5.97 Å². The van der Waals surface area contributed by atoms with E-state index < -0.39 is 0 Å². The Labute approximate surface area is 112 Å². The van der Waals surface area contributed by atoms with Crippen molar-refractivity contribution in [2.24, 2.45) is 0 Å². The number of hydrogen-bond donors (Lipinski definition) is 0. The van der Waals surface area contributed by atoms with Crippen LogP contribution in [0.4, 0.5) is 0 Å². The van der Waals surface area contributed by atoms with Crippen molar-refractivity contribution in [3.8, 4) is 0 Å². The van der Waals surface area contributed by atoms with Gasteiger partial charge in [-0.3, -0.25) is 0 Å². The molecule has 0 aliphatic heterocycles. The maximum absolute atomic E-state index is 12.1. The lowest BCUT2D eigenvalue weighted by molar-refractivity contribution is -0.145. The number of ether oxygens (including phenoxy) is 1. The fraction of sp³-hybridized carbons (Fsp3) is 0.812. The molecular formula is C16H28O2. The minimum Gasteiger partial charge on any atom is -0.459 e. The topological polar surface area (TPSA) is 26.3 Å². The van der Waals surface area contributed by atoms with E-state index in [4.69, 9.17) is 4.74 Å². The Kier molecular flexibility index (Phi) is 7.07. The highest BCUT2D eigenvalue weighted by atomic mass is 16.5. The molecule has 1 fully saturated rings. The summed E-state index contributed by atoms with van der Waals surface area (Å²) in [6.07, 6.45) is 10.5. The Morgan fingerprint density at radius 1 is 1.00 bits per heavy atom. The van der Waals surface area contributed by atoms with Crippen molar-refractivity contribution in [3.63, 3.8) is 0 Å². The molecule has 0 aromatic heterocycles. The molecule has 1 aliphatic rings. The number of hydrogen-bond acceptors (Lipinski definition) is 2. The highest BCUT2D eigenvalue weighted by molar-refractivity contribution is 5.88. The monoisotopic (exact) mass is 252 g/mol. The molecule has 0 saturated heterocycles. The molecule has 18 heavy (non-hydrogen) atoms. The summed E-state index contributed by atoms with van der Waals surface area (Å²) in [6, 6.07) is 0. The van der Waals surface area contributed by atoms with Crippen LogP contribution in [-0.4, -0.2) is 12.1 Å². The molecule has 0 atom stereocenters. The Morgan fingerprint density at radius 2 is 1.50 bits per heavy atom. The highest BCUT2D eigenvalue weighted by Crippen LogP contribution is 2.21. The van der Waals surface area contributed by atoms with E-state index in [-0.39, 0.29) is 12.1 Å². The largest absolute Gasteiger partial charge is 0.459 e. The SMILES string of the molecule is CCC(CC)=C(C)C(=O)OC1CCCCCCC1. The van der Waals surface area contributed by atoms with Crippen LogP contribution in [-0.2, 0) is 9.53 Å². The van der Waals surface area contributed by atoms with E-state index in [0.717, 1.165) is 31.3 Å². The lowest BCUT2D eigenvalue weighted by Crippen LogP contribution is -2.20. The second-order valence-electron chi connectivity index (χ2n) is 5.31. The number of esters is 1. The molecule has 0 aromatic carbocycles. The Morgan fingerprint density at radius 3 is 2.00 bits per heavy atom. The average molecular weight is 252 g/mol. The second kappa shape index (κ2) is 8.34. The van der Waals surface area contributed by atoms with Gasteiger partial charge in [-0.2, -0.15) is 0 Å². The molecule has 0 amide bonds. The van der Waals surface area contributed by atoms with Crippen LogP contribution in [0.3, 0.4) is 0 Å². The zero-order valence-electron chi connectivity index (χ0n) is 12.3. The predicted octanol–water partition coefficient (Wildman–Crippen LogP) is 4.78. The molecule has 0 spiro atoms. The Balaban J connectivity index is 2.54. The van der Waals surface area contributed by atoms with E-state index in [1.54, 1.807) is 0 Å². The average Bonchev–Trinajstić information content (AvgIpc) is 2.33. The van der Waals surface area contributed by atoms with Crippen molar-refractivity contribution in [3.05, 3.63) is 11.1 Å². The minimum atomic E-state index is -0.0840. The van der Waals surface area contributed by atoms with E-state index in [1.165, 1.54) is 37.7 Å². The maximum atomic E-state index is 12.1. The molecule has 104 valence electrons.